The minimum atomic E-state index is -0.856. The second kappa shape index (κ2) is 12.8. The normalized spacial score (nSPS) is 49.9. The molecule has 2 N–H and O–H groups in total. The highest BCUT2D eigenvalue weighted by atomic mass is 16.5. The number of ether oxygens (including phenoxy) is 1. The number of hydrogen-bond acceptors (Lipinski definition) is 8. The van der Waals surface area contributed by atoms with Crippen LogP contribution < -0.4 is 5.32 Å². The second-order valence-corrected chi connectivity index (χ2v) is 18.2. The number of piperidine rings is 1. The summed E-state index contributed by atoms with van der Waals surface area (Å²) >= 11 is 0. The number of carbonyl (C=O) groups excluding carboxylic acids is 4. The van der Waals surface area contributed by atoms with E-state index >= 15 is 0 Å². The number of fused-ring (bicyclic) bond motifs is 4. The molecule has 11 unspecified atom stereocenters. The van der Waals surface area contributed by atoms with E-state index in [-0.39, 0.29) is 35.5 Å². The minimum absolute atomic E-state index is 0.0609. The summed E-state index contributed by atoms with van der Waals surface area (Å²) in [5.74, 6) is 0.740. The van der Waals surface area contributed by atoms with Crippen LogP contribution in [0.2, 0.25) is 0 Å². The SMILES string of the molecule is CC1CCC2OC(C3CCC(C4CCC(N5C(=O)C6CC7C(=O)C(C8NC9CCCCC9CC8O)C(=O)C7CC6C5=O)CC4)CC3)=NC2C1. The molecule has 0 aromatic carbocycles. The van der Waals surface area contributed by atoms with Gasteiger partial charge in [-0.3, -0.25) is 24.1 Å². The molecule has 268 valence electrons. The zero-order valence-corrected chi connectivity index (χ0v) is 29.3. The van der Waals surface area contributed by atoms with Crippen LogP contribution in [0, 0.1) is 59.2 Å². The fourth-order valence-corrected chi connectivity index (χ4v) is 12.8. The molecule has 3 aliphatic heterocycles. The number of nitrogens with one attached hydrogen (secondary N) is 1. The van der Waals surface area contributed by atoms with Crippen molar-refractivity contribution in [2.24, 2.45) is 64.2 Å². The van der Waals surface area contributed by atoms with Gasteiger partial charge < -0.3 is 15.2 Å². The molecule has 6 saturated carbocycles. The summed E-state index contributed by atoms with van der Waals surface area (Å²) in [7, 11) is 0. The van der Waals surface area contributed by atoms with Crippen LogP contribution in [0.1, 0.15) is 122 Å². The lowest BCUT2D eigenvalue weighted by atomic mass is 9.70. The Bertz CT molecular complexity index is 1340. The number of imide groups is 1. The molecule has 2 amide bonds. The molecule has 0 spiro atoms. The number of aliphatic hydroxyl groups is 1. The molecule has 0 aromatic heterocycles. The number of likely N-dealkylation sites (tertiary alicyclic amines) is 1. The highest BCUT2D eigenvalue weighted by Gasteiger charge is 2.62. The van der Waals surface area contributed by atoms with E-state index in [2.05, 4.69) is 12.2 Å². The Morgan fingerprint density at radius 1 is 0.694 bits per heavy atom. The molecule has 2 saturated heterocycles. The maximum Gasteiger partial charge on any atom is 0.233 e. The molecule has 9 aliphatic rings. The van der Waals surface area contributed by atoms with Gasteiger partial charge in [0.25, 0.3) is 0 Å². The van der Waals surface area contributed by atoms with E-state index < -0.39 is 41.7 Å². The molecule has 11 atom stereocenters. The van der Waals surface area contributed by atoms with Crippen LogP contribution >= 0.6 is 0 Å². The Hall–Kier alpha value is -2.13. The van der Waals surface area contributed by atoms with Crippen molar-refractivity contribution in [3.63, 3.8) is 0 Å². The van der Waals surface area contributed by atoms with E-state index in [1.807, 2.05) is 0 Å². The Kier molecular flexibility index (Phi) is 8.57. The van der Waals surface area contributed by atoms with Crippen molar-refractivity contribution in [2.75, 3.05) is 0 Å². The van der Waals surface area contributed by atoms with E-state index in [4.69, 9.17) is 9.73 Å². The van der Waals surface area contributed by atoms with E-state index in [0.29, 0.717) is 55.1 Å². The number of amides is 2. The lowest BCUT2D eigenvalue weighted by Gasteiger charge is -2.44. The average molecular weight is 676 g/mol. The van der Waals surface area contributed by atoms with Crippen LogP contribution in [0.3, 0.4) is 0 Å². The summed E-state index contributed by atoms with van der Waals surface area (Å²) in [4.78, 5) is 62.2. The number of aliphatic hydroxyl groups excluding tert-OH is 1. The van der Waals surface area contributed by atoms with Crippen molar-refractivity contribution in [3.8, 4) is 0 Å². The molecule has 9 heteroatoms. The molecular weight excluding hydrogens is 618 g/mol. The third-order valence-electron chi connectivity index (χ3n) is 15.6. The number of ketones is 2. The first-order chi connectivity index (χ1) is 23.7. The number of Topliss-reactive ketones (excluding diaryl/α,β-unsaturated/α-hetero) is 2. The first kappa shape index (κ1) is 32.8. The van der Waals surface area contributed by atoms with Gasteiger partial charge in [0.05, 0.1) is 29.9 Å². The molecular formula is C40H57N3O6. The van der Waals surface area contributed by atoms with Crippen molar-refractivity contribution >= 4 is 29.3 Å². The van der Waals surface area contributed by atoms with Crippen molar-refractivity contribution < 1.29 is 29.0 Å². The van der Waals surface area contributed by atoms with E-state index in [1.165, 1.54) is 25.7 Å². The highest BCUT2D eigenvalue weighted by molar-refractivity contribution is 6.14. The number of rotatable bonds is 4. The average Bonchev–Trinajstić information content (AvgIpc) is 3.73. The summed E-state index contributed by atoms with van der Waals surface area (Å²) in [6.07, 6.45) is 17.4. The number of nitrogens with zero attached hydrogens (tertiary/aromatic N) is 2. The van der Waals surface area contributed by atoms with Crippen LogP contribution in [-0.4, -0.2) is 75.7 Å². The topological polar surface area (TPSA) is 125 Å². The van der Waals surface area contributed by atoms with Gasteiger partial charge in [0.15, 0.2) is 5.90 Å². The third kappa shape index (κ3) is 5.57. The van der Waals surface area contributed by atoms with Gasteiger partial charge in [-0.1, -0.05) is 19.8 Å². The zero-order valence-electron chi connectivity index (χ0n) is 29.3. The monoisotopic (exact) mass is 675 g/mol. The van der Waals surface area contributed by atoms with Gasteiger partial charge in [-0.2, -0.15) is 0 Å². The predicted molar refractivity (Wildman–Crippen MR) is 182 cm³/mol. The molecule has 0 aromatic rings. The third-order valence-corrected chi connectivity index (χ3v) is 15.6. The van der Waals surface area contributed by atoms with Crippen LogP contribution in [0.15, 0.2) is 4.99 Å². The first-order valence-electron chi connectivity index (χ1n) is 20.4. The van der Waals surface area contributed by atoms with Crippen molar-refractivity contribution in [1.29, 1.82) is 0 Å². The molecule has 9 nitrogen and oxygen atoms in total. The fraction of sp³-hybridized carbons (Fsp3) is 0.875. The molecule has 0 radical (unpaired) electrons. The van der Waals surface area contributed by atoms with Crippen molar-refractivity contribution in [2.45, 2.75) is 159 Å². The molecule has 8 fully saturated rings. The van der Waals surface area contributed by atoms with Crippen LogP contribution in [-0.2, 0) is 23.9 Å². The first-order valence-corrected chi connectivity index (χ1v) is 20.4. The summed E-state index contributed by atoms with van der Waals surface area (Å²) in [6, 6.07) is 0.0213. The van der Waals surface area contributed by atoms with Gasteiger partial charge in [0.2, 0.25) is 11.8 Å². The van der Waals surface area contributed by atoms with Crippen molar-refractivity contribution in [1.82, 2.24) is 10.2 Å². The zero-order chi connectivity index (χ0) is 33.6. The number of hydrogen-bond donors (Lipinski definition) is 2. The van der Waals surface area contributed by atoms with E-state index in [9.17, 15) is 24.3 Å². The Morgan fingerprint density at radius 3 is 2.00 bits per heavy atom. The molecule has 6 aliphatic carbocycles. The summed E-state index contributed by atoms with van der Waals surface area (Å²) in [5, 5.41) is 14.6. The van der Waals surface area contributed by atoms with Gasteiger partial charge in [0.1, 0.15) is 17.7 Å². The number of carbonyl (C=O) groups is 4. The molecule has 3 heterocycles. The minimum Gasteiger partial charge on any atom is -0.475 e. The van der Waals surface area contributed by atoms with Crippen LogP contribution in [0.5, 0.6) is 0 Å². The lowest BCUT2D eigenvalue weighted by Crippen LogP contribution is -2.60. The van der Waals surface area contributed by atoms with Gasteiger partial charge in [0, 0.05) is 35.9 Å². The lowest BCUT2D eigenvalue weighted by molar-refractivity contribution is -0.143. The highest BCUT2D eigenvalue weighted by Crippen LogP contribution is 2.52. The van der Waals surface area contributed by atoms with Gasteiger partial charge in [-0.15, -0.1) is 0 Å². The van der Waals surface area contributed by atoms with Crippen molar-refractivity contribution in [3.05, 3.63) is 0 Å². The van der Waals surface area contributed by atoms with Gasteiger partial charge >= 0.3 is 0 Å². The van der Waals surface area contributed by atoms with E-state index in [1.54, 1.807) is 4.90 Å². The number of aliphatic imine (C=N–C) groups is 1. The maximum atomic E-state index is 13.9. The standard InChI is InChI=1S/C40H57N3O6/c1-20-6-15-33-31(16-20)42-38(49-33)23-9-7-21(8-10-23)22-11-13-25(14-12-22)43-39(47)28-18-26-27(19-29(28)40(43)48)37(46)34(36(26)45)35-32(44)17-24-4-2-3-5-30(24)41-35/h20-35,41,44H,2-19H2,1H3. The predicted octanol–water partition coefficient (Wildman–Crippen LogP) is 5.01. The summed E-state index contributed by atoms with van der Waals surface area (Å²) in [6.45, 7) is 2.34. The van der Waals surface area contributed by atoms with Crippen LogP contribution in [0.25, 0.3) is 0 Å². The smallest absolute Gasteiger partial charge is 0.233 e. The fourth-order valence-electron chi connectivity index (χ4n) is 12.8. The Morgan fingerprint density at radius 2 is 1.33 bits per heavy atom. The maximum absolute atomic E-state index is 13.9. The molecule has 49 heavy (non-hydrogen) atoms. The molecule has 0 bridgehead atoms. The second-order valence-electron chi connectivity index (χ2n) is 18.2. The van der Waals surface area contributed by atoms with E-state index in [0.717, 1.165) is 82.4 Å². The quantitative estimate of drug-likeness (QED) is 0.317. The van der Waals surface area contributed by atoms with Gasteiger partial charge in [-0.05, 0) is 126 Å². The largest absolute Gasteiger partial charge is 0.475 e. The van der Waals surface area contributed by atoms with Gasteiger partial charge in [-0.25, -0.2) is 4.99 Å². The molecule has 9 rings (SSSR count). The van der Waals surface area contributed by atoms with Crippen LogP contribution in [0.4, 0.5) is 0 Å². The Labute approximate surface area is 291 Å². The Balaban J connectivity index is 0.790. The summed E-state index contributed by atoms with van der Waals surface area (Å²) in [5.41, 5.74) is 0. The summed E-state index contributed by atoms with van der Waals surface area (Å²) < 4.78 is 6.39.